The van der Waals surface area contributed by atoms with E-state index in [2.05, 4.69) is 73.4 Å². The Morgan fingerprint density at radius 1 is 1.07 bits per heavy atom. The molecule has 162 valence electrons. The van der Waals surface area contributed by atoms with E-state index >= 15 is 0 Å². The summed E-state index contributed by atoms with van der Waals surface area (Å²) in [5, 5.41) is -0.137. The summed E-state index contributed by atoms with van der Waals surface area (Å²) in [4.78, 5) is 0. The van der Waals surface area contributed by atoms with Crippen LogP contribution in [-0.2, 0) is 20.2 Å². The van der Waals surface area contributed by atoms with Crippen molar-refractivity contribution in [2.45, 2.75) is 90.7 Å². The molecule has 1 heterocycles. The third kappa shape index (κ3) is 5.33. The zero-order valence-corrected chi connectivity index (χ0v) is 20.6. The predicted octanol–water partition coefficient (Wildman–Crippen LogP) is 6.33. The first-order chi connectivity index (χ1) is 13.4. The fourth-order valence-electron chi connectivity index (χ4n) is 4.63. The van der Waals surface area contributed by atoms with Gasteiger partial charge in [-0.15, -0.1) is 12.3 Å². The van der Waals surface area contributed by atoms with Crippen LogP contribution in [0.3, 0.4) is 0 Å². The number of hydrogen-bond acceptors (Lipinski definition) is 3. The van der Waals surface area contributed by atoms with Gasteiger partial charge in [-0.25, -0.2) is 0 Å². The SMILES string of the molecule is C#C[C@H](C)[C@@H]1O[Si](C(C)(C)C)(C(C)(C)C)O[C@@H](CCOCc2ccccc2)[C@H]1C. The molecule has 0 aliphatic carbocycles. The van der Waals surface area contributed by atoms with Gasteiger partial charge in [0.25, 0.3) is 0 Å². The van der Waals surface area contributed by atoms with Crippen LogP contribution in [0.4, 0.5) is 0 Å². The van der Waals surface area contributed by atoms with Gasteiger partial charge in [0, 0.05) is 28.5 Å². The first-order valence-electron chi connectivity index (χ1n) is 10.9. The normalized spacial score (nSPS) is 26.0. The minimum Gasteiger partial charge on any atom is -0.390 e. The summed E-state index contributed by atoms with van der Waals surface area (Å²) in [5.74, 6) is 3.21. The molecule has 4 heteroatoms. The molecule has 1 aliphatic heterocycles. The second-order valence-electron chi connectivity index (χ2n) is 10.5. The highest BCUT2D eigenvalue weighted by Gasteiger charge is 2.63. The van der Waals surface area contributed by atoms with Gasteiger partial charge < -0.3 is 13.6 Å². The lowest BCUT2D eigenvalue weighted by Gasteiger charge is -2.57. The van der Waals surface area contributed by atoms with Gasteiger partial charge in [-0.3, -0.25) is 0 Å². The molecule has 0 bridgehead atoms. The standard InChI is InChI=1S/C25H40O3Si/c1-10-19(2)23-20(3)22(16-17-26-18-21-14-12-11-13-15-21)27-29(28-23,24(4,5)6)25(7,8)9/h1,11-15,19-20,22-23H,16-18H2,2-9H3/t19-,20+,22-,23-/m0/s1. The molecular weight excluding hydrogens is 376 g/mol. The zero-order valence-electron chi connectivity index (χ0n) is 19.6. The molecule has 29 heavy (non-hydrogen) atoms. The monoisotopic (exact) mass is 416 g/mol. The van der Waals surface area contributed by atoms with E-state index in [-0.39, 0.29) is 34.1 Å². The van der Waals surface area contributed by atoms with Crippen LogP contribution in [0.15, 0.2) is 30.3 Å². The molecule has 0 aromatic heterocycles. The Kier molecular flexibility index (Phi) is 7.78. The predicted molar refractivity (Wildman–Crippen MR) is 123 cm³/mol. The fraction of sp³-hybridized carbons (Fsp3) is 0.680. The summed E-state index contributed by atoms with van der Waals surface area (Å²) in [5.41, 5.74) is 1.19. The van der Waals surface area contributed by atoms with E-state index in [4.69, 9.17) is 20.0 Å². The van der Waals surface area contributed by atoms with Crippen molar-refractivity contribution in [1.82, 2.24) is 0 Å². The first-order valence-corrected chi connectivity index (χ1v) is 12.7. The summed E-state index contributed by atoms with van der Waals surface area (Å²) >= 11 is 0. The van der Waals surface area contributed by atoms with E-state index in [0.717, 1.165) is 6.42 Å². The Bertz CT molecular complexity index is 667. The highest BCUT2D eigenvalue weighted by molar-refractivity contribution is 6.73. The molecule has 0 spiro atoms. The molecule has 1 aromatic carbocycles. The van der Waals surface area contributed by atoms with Gasteiger partial charge in [0.1, 0.15) is 0 Å². The Labute approximate surface area is 179 Å². The van der Waals surface area contributed by atoms with E-state index in [0.29, 0.717) is 13.2 Å². The molecule has 0 amide bonds. The Morgan fingerprint density at radius 2 is 1.66 bits per heavy atom. The lowest BCUT2D eigenvalue weighted by Crippen LogP contribution is -2.66. The summed E-state index contributed by atoms with van der Waals surface area (Å²) < 4.78 is 19.9. The van der Waals surface area contributed by atoms with Gasteiger partial charge >= 0.3 is 8.56 Å². The van der Waals surface area contributed by atoms with Crippen molar-refractivity contribution >= 4 is 8.56 Å². The van der Waals surface area contributed by atoms with E-state index < -0.39 is 8.56 Å². The van der Waals surface area contributed by atoms with Crippen LogP contribution >= 0.6 is 0 Å². The molecule has 1 fully saturated rings. The molecular formula is C25H40O3Si. The van der Waals surface area contributed by atoms with Crippen LogP contribution in [0.1, 0.15) is 67.4 Å². The minimum atomic E-state index is -2.61. The maximum absolute atomic E-state index is 6.96. The maximum atomic E-state index is 6.96. The molecule has 0 saturated carbocycles. The molecule has 2 rings (SSSR count). The van der Waals surface area contributed by atoms with Gasteiger partial charge in [-0.05, 0) is 18.9 Å². The fourth-order valence-corrected chi connectivity index (χ4v) is 9.91. The molecule has 0 N–H and O–H groups in total. The molecule has 3 nitrogen and oxygen atoms in total. The highest BCUT2D eigenvalue weighted by atomic mass is 28.4. The minimum absolute atomic E-state index is 0.0120. The average Bonchev–Trinajstić information content (AvgIpc) is 2.64. The smallest absolute Gasteiger partial charge is 0.349 e. The van der Waals surface area contributed by atoms with E-state index in [1.54, 1.807) is 0 Å². The van der Waals surface area contributed by atoms with Crippen molar-refractivity contribution in [2.24, 2.45) is 11.8 Å². The van der Waals surface area contributed by atoms with E-state index in [9.17, 15) is 0 Å². The van der Waals surface area contributed by atoms with Crippen molar-refractivity contribution in [3.05, 3.63) is 35.9 Å². The molecule has 1 aliphatic rings. The maximum Gasteiger partial charge on any atom is 0.349 e. The van der Waals surface area contributed by atoms with Crippen molar-refractivity contribution in [1.29, 1.82) is 0 Å². The van der Waals surface area contributed by atoms with Crippen molar-refractivity contribution in [3.8, 4) is 12.3 Å². The molecule has 4 atom stereocenters. The lowest BCUT2D eigenvalue weighted by molar-refractivity contribution is -0.0863. The van der Waals surface area contributed by atoms with Crippen LogP contribution in [0.25, 0.3) is 0 Å². The van der Waals surface area contributed by atoms with Crippen molar-refractivity contribution < 1.29 is 13.6 Å². The summed E-state index contributed by atoms with van der Waals surface area (Å²) in [6.45, 7) is 19.1. The topological polar surface area (TPSA) is 27.7 Å². The summed E-state index contributed by atoms with van der Waals surface area (Å²) in [6.07, 6.45) is 6.78. The van der Waals surface area contributed by atoms with Crippen LogP contribution in [0, 0.1) is 24.2 Å². The van der Waals surface area contributed by atoms with Crippen molar-refractivity contribution in [2.75, 3.05) is 6.61 Å². The molecule has 1 aromatic rings. The highest BCUT2D eigenvalue weighted by Crippen LogP contribution is 2.56. The third-order valence-electron chi connectivity index (χ3n) is 6.11. The van der Waals surface area contributed by atoms with E-state index in [1.807, 2.05) is 18.2 Å². The number of benzene rings is 1. The Balaban J connectivity index is 2.19. The van der Waals surface area contributed by atoms with Crippen LogP contribution in [-0.4, -0.2) is 27.4 Å². The van der Waals surface area contributed by atoms with Gasteiger partial charge in [0.05, 0.1) is 18.8 Å². The zero-order chi connectivity index (χ0) is 21.9. The van der Waals surface area contributed by atoms with Crippen LogP contribution in [0.5, 0.6) is 0 Å². The summed E-state index contributed by atoms with van der Waals surface area (Å²) in [7, 11) is -2.61. The average molecular weight is 417 g/mol. The number of hydrogen-bond donors (Lipinski definition) is 0. The number of rotatable bonds is 6. The molecule has 1 saturated heterocycles. The number of terminal acetylenes is 1. The largest absolute Gasteiger partial charge is 0.390 e. The van der Waals surface area contributed by atoms with Crippen LogP contribution < -0.4 is 0 Å². The van der Waals surface area contributed by atoms with Crippen LogP contribution in [0.2, 0.25) is 10.1 Å². The van der Waals surface area contributed by atoms with Gasteiger partial charge in [-0.2, -0.15) is 0 Å². The van der Waals surface area contributed by atoms with Gasteiger partial charge in [0.15, 0.2) is 0 Å². The van der Waals surface area contributed by atoms with E-state index in [1.165, 1.54) is 5.56 Å². The van der Waals surface area contributed by atoms with Gasteiger partial charge in [-0.1, -0.05) is 78.8 Å². The Hall–Kier alpha value is -1.12. The quantitative estimate of drug-likeness (QED) is 0.308. The number of ether oxygens (including phenoxy) is 1. The summed E-state index contributed by atoms with van der Waals surface area (Å²) in [6, 6.07) is 10.3. The molecule has 0 radical (unpaired) electrons. The second kappa shape index (κ2) is 9.35. The Morgan fingerprint density at radius 3 is 2.17 bits per heavy atom. The molecule has 0 unspecified atom stereocenters. The first kappa shape index (κ1) is 24.1. The van der Waals surface area contributed by atoms with Gasteiger partial charge in [0.2, 0.25) is 0 Å². The second-order valence-corrected chi connectivity index (χ2v) is 15.2. The van der Waals surface area contributed by atoms with Crippen molar-refractivity contribution in [3.63, 3.8) is 0 Å². The third-order valence-corrected chi connectivity index (χ3v) is 11.3. The lowest BCUT2D eigenvalue weighted by atomic mass is 9.88.